The minimum Gasteiger partial charge on any atom is -0.480 e. The predicted octanol–water partition coefficient (Wildman–Crippen LogP) is 3.46. The largest absolute Gasteiger partial charge is 0.480 e. The van der Waals surface area contributed by atoms with Gasteiger partial charge < -0.3 is 10.8 Å². The molecular formula is C19H17NO2. The molecule has 3 nitrogen and oxygen atoms in total. The summed E-state index contributed by atoms with van der Waals surface area (Å²) >= 11 is 0. The van der Waals surface area contributed by atoms with Crippen LogP contribution < -0.4 is 5.73 Å². The smallest absolute Gasteiger partial charge is 0.320 e. The van der Waals surface area contributed by atoms with E-state index in [0.717, 1.165) is 16.7 Å². The predicted molar refractivity (Wildman–Crippen MR) is 88.7 cm³/mol. The van der Waals surface area contributed by atoms with Crippen LogP contribution >= 0.6 is 0 Å². The summed E-state index contributed by atoms with van der Waals surface area (Å²) in [5.74, 6) is -0.976. The van der Waals surface area contributed by atoms with E-state index in [1.807, 2.05) is 42.5 Å². The van der Waals surface area contributed by atoms with Gasteiger partial charge in [-0.05, 0) is 33.9 Å². The Morgan fingerprint density at radius 2 is 1.73 bits per heavy atom. The number of benzene rings is 3. The molecule has 0 spiro atoms. The molecule has 0 heterocycles. The lowest BCUT2D eigenvalue weighted by molar-refractivity contribution is -0.138. The zero-order valence-electron chi connectivity index (χ0n) is 12.1. The SMILES string of the molecule is NC(Cc1cccc(-c2cccc3ccccc23)c1)C(=O)O. The van der Waals surface area contributed by atoms with Crippen molar-refractivity contribution in [1.29, 1.82) is 0 Å². The second-order valence-electron chi connectivity index (χ2n) is 5.38. The fraction of sp³-hybridized carbons (Fsp3) is 0.105. The van der Waals surface area contributed by atoms with Crippen molar-refractivity contribution < 1.29 is 9.90 Å². The zero-order chi connectivity index (χ0) is 15.5. The van der Waals surface area contributed by atoms with E-state index < -0.39 is 12.0 Å². The Bertz CT molecular complexity index is 821. The van der Waals surface area contributed by atoms with Gasteiger partial charge >= 0.3 is 5.97 Å². The Balaban J connectivity index is 2.03. The molecule has 0 aliphatic heterocycles. The molecule has 0 fully saturated rings. The summed E-state index contributed by atoms with van der Waals surface area (Å²) < 4.78 is 0. The number of hydrogen-bond donors (Lipinski definition) is 2. The lowest BCUT2D eigenvalue weighted by Gasteiger charge is -2.10. The molecule has 3 rings (SSSR count). The molecule has 0 aromatic heterocycles. The molecule has 3 N–H and O–H groups in total. The van der Waals surface area contributed by atoms with E-state index in [9.17, 15) is 4.79 Å². The van der Waals surface area contributed by atoms with E-state index in [1.165, 1.54) is 10.8 Å². The average Bonchev–Trinajstić information content (AvgIpc) is 2.54. The second-order valence-corrected chi connectivity index (χ2v) is 5.38. The van der Waals surface area contributed by atoms with E-state index in [2.05, 4.69) is 24.3 Å². The molecule has 0 aliphatic carbocycles. The molecule has 0 saturated carbocycles. The highest BCUT2D eigenvalue weighted by Crippen LogP contribution is 2.29. The fourth-order valence-electron chi connectivity index (χ4n) is 2.68. The number of aliphatic carboxylic acids is 1. The van der Waals surface area contributed by atoms with Crippen molar-refractivity contribution in [2.75, 3.05) is 0 Å². The van der Waals surface area contributed by atoms with E-state index in [-0.39, 0.29) is 0 Å². The summed E-state index contributed by atoms with van der Waals surface area (Å²) in [4.78, 5) is 10.9. The first-order chi connectivity index (χ1) is 10.6. The van der Waals surface area contributed by atoms with Crippen molar-refractivity contribution in [2.24, 2.45) is 5.73 Å². The number of carbonyl (C=O) groups is 1. The number of hydrogen-bond acceptors (Lipinski definition) is 2. The van der Waals surface area contributed by atoms with E-state index in [0.29, 0.717) is 6.42 Å². The summed E-state index contributed by atoms with van der Waals surface area (Å²) in [6.07, 6.45) is 0.327. The van der Waals surface area contributed by atoms with Gasteiger partial charge in [0.05, 0.1) is 0 Å². The molecule has 0 amide bonds. The number of nitrogens with two attached hydrogens (primary N) is 1. The number of fused-ring (bicyclic) bond motifs is 1. The Kier molecular flexibility index (Phi) is 3.90. The molecule has 3 aromatic rings. The molecule has 22 heavy (non-hydrogen) atoms. The van der Waals surface area contributed by atoms with Crippen LogP contribution in [-0.4, -0.2) is 17.1 Å². The van der Waals surface area contributed by atoms with Crippen LogP contribution in [-0.2, 0) is 11.2 Å². The molecule has 0 bridgehead atoms. The third kappa shape index (κ3) is 2.85. The monoisotopic (exact) mass is 291 g/mol. The normalized spacial score (nSPS) is 12.2. The Hall–Kier alpha value is -2.65. The summed E-state index contributed by atoms with van der Waals surface area (Å²) in [6, 6.07) is 21.5. The van der Waals surface area contributed by atoms with Gasteiger partial charge in [0, 0.05) is 0 Å². The summed E-state index contributed by atoms with van der Waals surface area (Å²) in [5.41, 5.74) is 8.78. The maximum absolute atomic E-state index is 10.9. The minimum atomic E-state index is -0.976. The van der Waals surface area contributed by atoms with E-state index in [1.54, 1.807) is 0 Å². The second kappa shape index (κ2) is 6.00. The van der Waals surface area contributed by atoms with Crippen LogP contribution in [0, 0.1) is 0 Å². The Morgan fingerprint density at radius 3 is 2.55 bits per heavy atom. The topological polar surface area (TPSA) is 63.3 Å². The molecule has 3 heteroatoms. The van der Waals surface area contributed by atoms with Crippen molar-refractivity contribution >= 4 is 16.7 Å². The van der Waals surface area contributed by atoms with Gasteiger partial charge in [0.25, 0.3) is 0 Å². The number of carboxylic acid groups (broad SMARTS) is 1. The highest BCUT2D eigenvalue weighted by molar-refractivity contribution is 5.96. The lowest BCUT2D eigenvalue weighted by atomic mass is 9.95. The molecule has 0 saturated heterocycles. The molecule has 0 radical (unpaired) electrons. The van der Waals surface area contributed by atoms with Gasteiger partial charge in [-0.15, -0.1) is 0 Å². The minimum absolute atomic E-state index is 0.327. The van der Waals surface area contributed by atoms with E-state index in [4.69, 9.17) is 10.8 Å². The molecular weight excluding hydrogens is 274 g/mol. The van der Waals surface area contributed by atoms with Crippen LogP contribution in [0.2, 0.25) is 0 Å². The maximum Gasteiger partial charge on any atom is 0.320 e. The molecule has 0 aliphatic rings. The Morgan fingerprint density at radius 1 is 1.00 bits per heavy atom. The van der Waals surface area contributed by atoms with Gasteiger partial charge in [-0.25, -0.2) is 0 Å². The average molecular weight is 291 g/mol. The van der Waals surface area contributed by atoms with Crippen LogP contribution in [0.3, 0.4) is 0 Å². The maximum atomic E-state index is 10.9. The van der Waals surface area contributed by atoms with Crippen LogP contribution in [0.25, 0.3) is 21.9 Å². The first kappa shape index (κ1) is 14.3. The van der Waals surface area contributed by atoms with Crippen molar-refractivity contribution in [3.63, 3.8) is 0 Å². The van der Waals surface area contributed by atoms with Crippen LogP contribution in [0.4, 0.5) is 0 Å². The van der Waals surface area contributed by atoms with Crippen LogP contribution in [0.1, 0.15) is 5.56 Å². The first-order valence-electron chi connectivity index (χ1n) is 7.20. The Labute approximate surface area is 129 Å². The highest BCUT2D eigenvalue weighted by atomic mass is 16.4. The number of carboxylic acids is 1. The van der Waals surface area contributed by atoms with E-state index >= 15 is 0 Å². The summed E-state index contributed by atoms with van der Waals surface area (Å²) in [7, 11) is 0. The first-order valence-corrected chi connectivity index (χ1v) is 7.20. The highest BCUT2D eigenvalue weighted by Gasteiger charge is 2.12. The summed E-state index contributed by atoms with van der Waals surface area (Å²) in [6.45, 7) is 0. The van der Waals surface area contributed by atoms with Gasteiger partial charge in [0.1, 0.15) is 6.04 Å². The lowest BCUT2D eigenvalue weighted by Crippen LogP contribution is -2.32. The molecule has 1 atom stereocenters. The van der Waals surface area contributed by atoms with Gasteiger partial charge in [0.2, 0.25) is 0 Å². The van der Waals surface area contributed by atoms with Crippen molar-refractivity contribution in [2.45, 2.75) is 12.5 Å². The van der Waals surface area contributed by atoms with Crippen LogP contribution in [0.5, 0.6) is 0 Å². The molecule has 1 unspecified atom stereocenters. The zero-order valence-corrected chi connectivity index (χ0v) is 12.1. The van der Waals surface area contributed by atoms with Gasteiger partial charge in [-0.3, -0.25) is 4.79 Å². The molecule has 3 aromatic carbocycles. The van der Waals surface area contributed by atoms with Crippen molar-refractivity contribution in [3.05, 3.63) is 72.3 Å². The van der Waals surface area contributed by atoms with Gasteiger partial charge in [-0.1, -0.05) is 66.7 Å². The number of rotatable bonds is 4. The van der Waals surface area contributed by atoms with Crippen molar-refractivity contribution in [3.8, 4) is 11.1 Å². The third-order valence-corrected chi connectivity index (χ3v) is 3.80. The van der Waals surface area contributed by atoms with Crippen LogP contribution in [0.15, 0.2) is 66.7 Å². The fourth-order valence-corrected chi connectivity index (χ4v) is 2.68. The van der Waals surface area contributed by atoms with Gasteiger partial charge in [-0.2, -0.15) is 0 Å². The quantitative estimate of drug-likeness (QED) is 0.773. The third-order valence-electron chi connectivity index (χ3n) is 3.80. The molecule has 110 valence electrons. The van der Waals surface area contributed by atoms with Gasteiger partial charge in [0.15, 0.2) is 0 Å². The standard InChI is InChI=1S/C19H17NO2/c20-18(19(21)22)12-13-5-3-8-15(11-13)17-10-4-7-14-6-1-2-9-16(14)17/h1-11,18H,12,20H2,(H,21,22). The summed E-state index contributed by atoms with van der Waals surface area (Å²) in [5, 5.41) is 11.3. The van der Waals surface area contributed by atoms with Crippen molar-refractivity contribution in [1.82, 2.24) is 0 Å².